The molecule has 0 saturated carbocycles. The van der Waals surface area contributed by atoms with Crippen molar-refractivity contribution in [2.45, 2.75) is 19.3 Å². The van der Waals surface area contributed by atoms with E-state index in [9.17, 15) is 22.8 Å². The molecule has 0 radical (unpaired) electrons. The quantitative estimate of drug-likeness (QED) is 0.781. The van der Waals surface area contributed by atoms with Crippen molar-refractivity contribution in [1.29, 1.82) is 0 Å². The summed E-state index contributed by atoms with van der Waals surface area (Å²) in [6.07, 6.45) is 0.654. The Morgan fingerprint density at radius 3 is 2.21 bits per heavy atom. The lowest BCUT2D eigenvalue weighted by Gasteiger charge is -2.06. The smallest absolute Gasteiger partial charge is 0.303 e. The van der Waals surface area contributed by atoms with E-state index in [4.69, 9.17) is 5.11 Å². The van der Waals surface area contributed by atoms with Crippen molar-refractivity contribution in [2.24, 2.45) is 0 Å². The summed E-state index contributed by atoms with van der Waals surface area (Å²) in [5.41, 5.74) is -0.848. The summed E-state index contributed by atoms with van der Waals surface area (Å²) in [7, 11) is 0. The molecule has 0 unspecified atom stereocenters. The topological polar surface area (TPSA) is 66.4 Å². The molecule has 104 valence electrons. The van der Waals surface area contributed by atoms with Gasteiger partial charge in [0, 0.05) is 25.1 Å². The maximum Gasteiger partial charge on any atom is 0.303 e. The van der Waals surface area contributed by atoms with Gasteiger partial charge in [0.05, 0.1) is 0 Å². The molecule has 19 heavy (non-hydrogen) atoms. The molecule has 0 aliphatic carbocycles. The summed E-state index contributed by atoms with van der Waals surface area (Å²) < 4.78 is 39.1. The number of carbonyl (C=O) groups is 2. The monoisotopic (exact) mass is 275 g/mol. The molecule has 0 bridgehead atoms. The largest absolute Gasteiger partial charge is 0.481 e. The lowest BCUT2D eigenvalue weighted by molar-refractivity contribution is -0.137. The number of halogens is 3. The van der Waals surface area contributed by atoms with Gasteiger partial charge in [-0.2, -0.15) is 0 Å². The fourth-order valence-electron chi connectivity index (χ4n) is 1.45. The number of unbranched alkanes of at least 4 members (excludes halogenated alkanes) is 1. The fourth-order valence-corrected chi connectivity index (χ4v) is 1.45. The van der Waals surface area contributed by atoms with Crippen LogP contribution in [0.15, 0.2) is 12.1 Å². The van der Waals surface area contributed by atoms with Crippen LogP contribution in [0.4, 0.5) is 13.2 Å². The van der Waals surface area contributed by atoms with Crippen LogP contribution in [0.5, 0.6) is 0 Å². The van der Waals surface area contributed by atoms with Crippen LogP contribution in [0.1, 0.15) is 29.6 Å². The van der Waals surface area contributed by atoms with Crippen LogP contribution in [-0.4, -0.2) is 23.5 Å². The van der Waals surface area contributed by atoms with Gasteiger partial charge in [-0.15, -0.1) is 0 Å². The predicted octanol–water partition coefficient (Wildman–Crippen LogP) is 2.09. The second-order valence-electron chi connectivity index (χ2n) is 3.85. The molecule has 1 amide bonds. The van der Waals surface area contributed by atoms with E-state index in [0.29, 0.717) is 25.0 Å². The third kappa shape index (κ3) is 4.61. The number of benzene rings is 1. The Balaban J connectivity index is 2.52. The number of carboxylic acids is 1. The zero-order valence-electron chi connectivity index (χ0n) is 9.88. The summed E-state index contributed by atoms with van der Waals surface area (Å²) in [5.74, 6) is -5.61. The minimum absolute atomic E-state index is 0.0465. The zero-order chi connectivity index (χ0) is 14.4. The van der Waals surface area contributed by atoms with Gasteiger partial charge >= 0.3 is 5.97 Å². The summed E-state index contributed by atoms with van der Waals surface area (Å²) in [4.78, 5) is 21.7. The van der Waals surface area contributed by atoms with Crippen LogP contribution < -0.4 is 5.32 Å². The second-order valence-corrected chi connectivity index (χ2v) is 3.85. The van der Waals surface area contributed by atoms with E-state index in [0.717, 1.165) is 0 Å². The van der Waals surface area contributed by atoms with Crippen LogP contribution in [0.25, 0.3) is 0 Å². The molecule has 0 aliphatic rings. The van der Waals surface area contributed by atoms with E-state index in [1.165, 1.54) is 0 Å². The Bertz CT molecular complexity index is 468. The Kier molecular flexibility index (Phi) is 5.35. The molecular weight excluding hydrogens is 263 g/mol. The second kappa shape index (κ2) is 6.77. The van der Waals surface area contributed by atoms with Crippen LogP contribution in [-0.2, 0) is 4.79 Å². The molecule has 0 saturated heterocycles. The first-order valence-electron chi connectivity index (χ1n) is 5.56. The van der Waals surface area contributed by atoms with Crippen molar-refractivity contribution in [3.05, 3.63) is 35.1 Å². The summed E-state index contributed by atoms with van der Waals surface area (Å²) in [5, 5.41) is 10.6. The highest BCUT2D eigenvalue weighted by atomic mass is 19.1. The van der Waals surface area contributed by atoms with E-state index in [2.05, 4.69) is 5.32 Å². The number of aliphatic carboxylic acids is 1. The standard InChI is InChI=1S/C12H12F3NO3/c13-7-5-8(14)11(9(15)6-7)12(19)16-4-2-1-3-10(17)18/h5-6H,1-4H2,(H,16,19)(H,17,18). The van der Waals surface area contributed by atoms with E-state index < -0.39 is 34.9 Å². The van der Waals surface area contributed by atoms with Gasteiger partial charge in [-0.25, -0.2) is 13.2 Å². The first-order valence-corrected chi connectivity index (χ1v) is 5.56. The Morgan fingerprint density at radius 2 is 1.68 bits per heavy atom. The maximum absolute atomic E-state index is 13.2. The third-order valence-electron chi connectivity index (χ3n) is 2.34. The molecule has 1 aromatic carbocycles. The molecule has 0 aliphatic heterocycles. The summed E-state index contributed by atoms with van der Waals surface area (Å²) in [6, 6.07) is 0.838. The molecule has 0 spiro atoms. The van der Waals surface area contributed by atoms with Crippen molar-refractivity contribution in [3.63, 3.8) is 0 Å². The normalized spacial score (nSPS) is 10.3. The molecule has 0 fully saturated rings. The van der Waals surface area contributed by atoms with Gasteiger partial charge in [0.15, 0.2) is 0 Å². The average molecular weight is 275 g/mol. The summed E-state index contributed by atoms with van der Waals surface area (Å²) in [6.45, 7) is 0.0857. The maximum atomic E-state index is 13.2. The first kappa shape index (κ1) is 15.0. The van der Waals surface area contributed by atoms with E-state index >= 15 is 0 Å². The van der Waals surface area contributed by atoms with Gasteiger partial charge < -0.3 is 10.4 Å². The van der Waals surface area contributed by atoms with Gasteiger partial charge in [-0.1, -0.05) is 0 Å². The molecule has 4 nitrogen and oxygen atoms in total. The predicted molar refractivity (Wildman–Crippen MR) is 60.1 cm³/mol. The molecule has 0 atom stereocenters. The van der Waals surface area contributed by atoms with Gasteiger partial charge in [0.2, 0.25) is 0 Å². The Morgan fingerprint density at radius 1 is 1.11 bits per heavy atom. The SMILES string of the molecule is O=C(O)CCCCNC(=O)c1c(F)cc(F)cc1F. The van der Waals surface area contributed by atoms with Crippen molar-refractivity contribution >= 4 is 11.9 Å². The van der Waals surface area contributed by atoms with E-state index in [1.54, 1.807) is 0 Å². The zero-order valence-corrected chi connectivity index (χ0v) is 9.88. The van der Waals surface area contributed by atoms with Gasteiger partial charge in [-0.3, -0.25) is 9.59 Å². The number of nitrogens with one attached hydrogen (secondary N) is 1. The van der Waals surface area contributed by atoms with Crippen LogP contribution in [0.3, 0.4) is 0 Å². The van der Waals surface area contributed by atoms with Gasteiger partial charge in [-0.05, 0) is 12.8 Å². The molecule has 0 aromatic heterocycles. The highest BCUT2D eigenvalue weighted by Gasteiger charge is 2.18. The van der Waals surface area contributed by atoms with E-state index in [1.807, 2.05) is 0 Å². The minimum atomic E-state index is -1.28. The third-order valence-corrected chi connectivity index (χ3v) is 2.34. The highest BCUT2D eigenvalue weighted by molar-refractivity contribution is 5.94. The van der Waals surface area contributed by atoms with Crippen molar-refractivity contribution in [1.82, 2.24) is 5.32 Å². The lowest BCUT2D eigenvalue weighted by atomic mass is 10.1. The van der Waals surface area contributed by atoms with Crippen molar-refractivity contribution < 1.29 is 27.9 Å². The van der Waals surface area contributed by atoms with Crippen molar-refractivity contribution in [2.75, 3.05) is 6.54 Å². The molecule has 1 rings (SSSR count). The minimum Gasteiger partial charge on any atom is -0.481 e. The molecule has 1 aromatic rings. The van der Waals surface area contributed by atoms with Crippen LogP contribution >= 0.6 is 0 Å². The highest BCUT2D eigenvalue weighted by Crippen LogP contribution is 2.14. The molecule has 2 N–H and O–H groups in total. The number of carboxylic acid groups (broad SMARTS) is 1. The molecule has 0 heterocycles. The van der Waals surface area contributed by atoms with E-state index in [-0.39, 0.29) is 13.0 Å². The Labute approximate surface area is 107 Å². The number of amides is 1. The van der Waals surface area contributed by atoms with Gasteiger partial charge in [0.1, 0.15) is 23.0 Å². The number of hydrogen-bond donors (Lipinski definition) is 2. The lowest BCUT2D eigenvalue weighted by Crippen LogP contribution is -2.26. The number of hydrogen-bond acceptors (Lipinski definition) is 2. The molecule has 7 heteroatoms. The Hall–Kier alpha value is -2.05. The average Bonchev–Trinajstić information content (AvgIpc) is 2.26. The van der Waals surface area contributed by atoms with Crippen molar-refractivity contribution in [3.8, 4) is 0 Å². The number of carbonyl (C=O) groups excluding carboxylic acids is 1. The van der Waals surface area contributed by atoms with Crippen LogP contribution in [0.2, 0.25) is 0 Å². The molecular formula is C12H12F3NO3. The van der Waals surface area contributed by atoms with Crippen LogP contribution in [0, 0.1) is 17.5 Å². The number of rotatable bonds is 6. The first-order chi connectivity index (χ1) is 8.91. The fraction of sp³-hybridized carbons (Fsp3) is 0.333. The van der Waals surface area contributed by atoms with Gasteiger partial charge in [0.25, 0.3) is 5.91 Å². The summed E-state index contributed by atoms with van der Waals surface area (Å²) >= 11 is 0.